The van der Waals surface area contributed by atoms with E-state index < -0.39 is 0 Å². The maximum Gasteiger partial charge on any atom is 0.0182 e. The van der Waals surface area contributed by atoms with E-state index >= 15 is 0 Å². The molecule has 11 heavy (non-hydrogen) atoms. The summed E-state index contributed by atoms with van der Waals surface area (Å²) in [6, 6.07) is 0. The highest BCUT2D eigenvalue weighted by molar-refractivity contribution is 5.14. The minimum atomic E-state index is 1.05. The predicted molar refractivity (Wildman–Crippen MR) is 50.6 cm³/mol. The summed E-state index contributed by atoms with van der Waals surface area (Å²) in [4.78, 5) is 0. The van der Waals surface area contributed by atoms with Gasteiger partial charge in [0.05, 0.1) is 0 Å². The van der Waals surface area contributed by atoms with Crippen LogP contribution < -0.4 is 10.6 Å². The Balaban J connectivity index is 0.000000461. The molecule has 0 aromatic heterocycles. The van der Waals surface area contributed by atoms with Crippen LogP contribution in [0.4, 0.5) is 0 Å². The quantitative estimate of drug-likeness (QED) is 0.601. The van der Waals surface area contributed by atoms with Gasteiger partial charge >= 0.3 is 0 Å². The lowest BCUT2D eigenvalue weighted by atomic mass is 10.1. The van der Waals surface area contributed by atoms with Crippen molar-refractivity contribution in [1.82, 2.24) is 10.6 Å². The third kappa shape index (κ3) is 3.42. The summed E-state index contributed by atoms with van der Waals surface area (Å²) in [5.41, 5.74) is 2.86. The Morgan fingerprint density at radius 1 is 1.36 bits per heavy atom. The van der Waals surface area contributed by atoms with E-state index in [9.17, 15) is 0 Å². The molecule has 0 spiro atoms. The molecule has 1 aliphatic rings. The molecular weight excluding hydrogens is 136 g/mol. The first kappa shape index (κ1) is 10.5. The number of rotatable bonds is 1. The molecule has 0 radical (unpaired) electrons. The van der Waals surface area contributed by atoms with Gasteiger partial charge in [0.15, 0.2) is 0 Å². The van der Waals surface area contributed by atoms with Crippen LogP contribution in [0.3, 0.4) is 0 Å². The second-order valence-corrected chi connectivity index (χ2v) is 2.44. The minimum absolute atomic E-state index is 1.05. The van der Waals surface area contributed by atoms with E-state index in [0.717, 1.165) is 19.5 Å². The van der Waals surface area contributed by atoms with Crippen molar-refractivity contribution in [3.63, 3.8) is 0 Å². The van der Waals surface area contributed by atoms with E-state index in [1.165, 1.54) is 11.3 Å². The van der Waals surface area contributed by atoms with Gasteiger partial charge in [0.2, 0.25) is 0 Å². The van der Waals surface area contributed by atoms with Crippen LogP contribution in [0.5, 0.6) is 0 Å². The lowest BCUT2D eigenvalue weighted by Gasteiger charge is -2.17. The topological polar surface area (TPSA) is 24.1 Å². The SMILES string of the molecule is CC.CNC1=C(C)CNCC1. The molecule has 0 bridgehead atoms. The van der Waals surface area contributed by atoms with Crippen LogP contribution in [0.2, 0.25) is 0 Å². The summed E-state index contributed by atoms with van der Waals surface area (Å²) in [7, 11) is 1.99. The third-order valence-electron chi connectivity index (χ3n) is 1.76. The van der Waals surface area contributed by atoms with Crippen molar-refractivity contribution >= 4 is 0 Å². The lowest BCUT2D eigenvalue weighted by Crippen LogP contribution is -2.28. The average molecular weight is 156 g/mol. The fourth-order valence-corrected chi connectivity index (χ4v) is 1.15. The largest absolute Gasteiger partial charge is 0.391 e. The molecule has 2 nitrogen and oxygen atoms in total. The zero-order valence-electron chi connectivity index (χ0n) is 8.12. The minimum Gasteiger partial charge on any atom is -0.391 e. The van der Waals surface area contributed by atoms with E-state index in [-0.39, 0.29) is 0 Å². The molecule has 0 saturated carbocycles. The van der Waals surface area contributed by atoms with Crippen LogP contribution in [-0.2, 0) is 0 Å². The van der Waals surface area contributed by atoms with E-state index in [0.29, 0.717) is 0 Å². The van der Waals surface area contributed by atoms with E-state index in [2.05, 4.69) is 17.6 Å². The fraction of sp³-hybridized carbons (Fsp3) is 0.778. The average Bonchev–Trinajstić information content (AvgIpc) is 2.09. The lowest BCUT2D eigenvalue weighted by molar-refractivity contribution is 0.646. The van der Waals surface area contributed by atoms with Crippen LogP contribution in [0.1, 0.15) is 27.2 Å². The van der Waals surface area contributed by atoms with Gasteiger partial charge in [-0.15, -0.1) is 0 Å². The summed E-state index contributed by atoms with van der Waals surface area (Å²) in [5.74, 6) is 0. The molecule has 0 aromatic rings. The van der Waals surface area contributed by atoms with Crippen LogP contribution in [0.15, 0.2) is 11.3 Å². The molecule has 0 atom stereocenters. The van der Waals surface area contributed by atoms with Crippen molar-refractivity contribution in [2.75, 3.05) is 20.1 Å². The predicted octanol–water partition coefficient (Wildman–Crippen LogP) is 1.50. The van der Waals surface area contributed by atoms with Crippen molar-refractivity contribution in [1.29, 1.82) is 0 Å². The molecule has 2 heteroatoms. The molecule has 0 saturated heterocycles. The summed E-state index contributed by atoms with van der Waals surface area (Å²) in [5, 5.41) is 6.49. The van der Waals surface area contributed by atoms with Crippen molar-refractivity contribution in [2.24, 2.45) is 0 Å². The summed E-state index contributed by atoms with van der Waals surface area (Å²) in [6.07, 6.45) is 1.16. The van der Waals surface area contributed by atoms with Crippen LogP contribution in [-0.4, -0.2) is 20.1 Å². The van der Waals surface area contributed by atoms with Crippen molar-refractivity contribution in [3.8, 4) is 0 Å². The normalized spacial score (nSPS) is 17.1. The number of hydrogen-bond donors (Lipinski definition) is 2. The van der Waals surface area contributed by atoms with Gasteiger partial charge in [-0.2, -0.15) is 0 Å². The molecule has 2 N–H and O–H groups in total. The van der Waals surface area contributed by atoms with Crippen LogP contribution >= 0.6 is 0 Å². The number of hydrogen-bond acceptors (Lipinski definition) is 2. The zero-order chi connectivity index (χ0) is 8.69. The van der Waals surface area contributed by atoms with Crippen molar-refractivity contribution in [3.05, 3.63) is 11.3 Å². The third-order valence-corrected chi connectivity index (χ3v) is 1.76. The Morgan fingerprint density at radius 2 is 2.00 bits per heavy atom. The van der Waals surface area contributed by atoms with Crippen molar-refractivity contribution < 1.29 is 0 Å². The first-order chi connectivity index (χ1) is 5.34. The molecule has 1 heterocycles. The first-order valence-corrected chi connectivity index (χ1v) is 4.41. The second kappa shape index (κ2) is 6.23. The van der Waals surface area contributed by atoms with E-state index in [4.69, 9.17) is 0 Å². The van der Waals surface area contributed by atoms with Gasteiger partial charge in [-0.25, -0.2) is 0 Å². The summed E-state index contributed by atoms with van der Waals surface area (Å²) < 4.78 is 0. The maximum absolute atomic E-state index is 3.30. The molecular formula is C9H20N2. The van der Waals surface area contributed by atoms with Gasteiger partial charge in [0.1, 0.15) is 0 Å². The zero-order valence-corrected chi connectivity index (χ0v) is 8.12. The Morgan fingerprint density at radius 3 is 2.36 bits per heavy atom. The molecule has 1 rings (SSSR count). The van der Waals surface area contributed by atoms with Gasteiger partial charge in [-0.1, -0.05) is 13.8 Å². The monoisotopic (exact) mass is 156 g/mol. The Hall–Kier alpha value is -0.500. The Kier molecular flexibility index (Phi) is 5.94. The number of nitrogens with one attached hydrogen (secondary N) is 2. The standard InChI is InChI=1S/C7H14N2.C2H6/c1-6-5-9-4-3-7(6)8-2;1-2/h8-9H,3-5H2,1-2H3;1-2H3. The molecule has 0 fully saturated rings. The maximum atomic E-state index is 3.30. The Bertz CT molecular complexity index is 128. The highest BCUT2D eigenvalue weighted by atomic mass is 14.9. The van der Waals surface area contributed by atoms with E-state index in [1.54, 1.807) is 0 Å². The smallest absolute Gasteiger partial charge is 0.0182 e. The van der Waals surface area contributed by atoms with Gasteiger partial charge in [-0.3, -0.25) is 0 Å². The molecule has 1 aliphatic heterocycles. The Labute approximate surface area is 70.1 Å². The molecule has 0 aliphatic carbocycles. The molecule has 0 aromatic carbocycles. The highest BCUT2D eigenvalue weighted by Crippen LogP contribution is 2.06. The second-order valence-electron chi connectivity index (χ2n) is 2.44. The van der Waals surface area contributed by atoms with Gasteiger partial charge in [0, 0.05) is 25.8 Å². The van der Waals surface area contributed by atoms with Crippen LogP contribution in [0.25, 0.3) is 0 Å². The molecule has 0 unspecified atom stereocenters. The van der Waals surface area contributed by atoms with Gasteiger partial charge in [-0.05, 0) is 18.9 Å². The molecule has 66 valence electrons. The van der Waals surface area contributed by atoms with Crippen molar-refractivity contribution in [2.45, 2.75) is 27.2 Å². The summed E-state index contributed by atoms with van der Waals surface area (Å²) in [6.45, 7) is 8.34. The first-order valence-electron chi connectivity index (χ1n) is 4.41. The molecule has 0 amide bonds. The van der Waals surface area contributed by atoms with E-state index in [1.807, 2.05) is 20.9 Å². The fourth-order valence-electron chi connectivity index (χ4n) is 1.15. The summed E-state index contributed by atoms with van der Waals surface area (Å²) >= 11 is 0. The highest BCUT2D eigenvalue weighted by Gasteiger charge is 2.04. The van der Waals surface area contributed by atoms with Gasteiger partial charge < -0.3 is 10.6 Å². The van der Waals surface area contributed by atoms with Gasteiger partial charge in [0.25, 0.3) is 0 Å². The van der Waals surface area contributed by atoms with Crippen LogP contribution in [0, 0.1) is 0 Å².